The lowest BCUT2D eigenvalue weighted by atomic mass is 10.1. The molecule has 0 saturated carbocycles. The Morgan fingerprint density at radius 3 is 2.52 bits per heavy atom. The van der Waals surface area contributed by atoms with E-state index in [0.717, 1.165) is 22.2 Å². The summed E-state index contributed by atoms with van der Waals surface area (Å²) in [6, 6.07) is 22.6. The number of nitrogens with one attached hydrogen (secondary N) is 1. The average molecular weight is 372 g/mol. The first kappa shape index (κ1) is 15.9. The molecule has 0 fully saturated rings. The van der Waals surface area contributed by atoms with Crippen molar-refractivity contribution in [2.75, 3.05) is 0 Å². The van der Waals surface area contributed by atoms with Gasteiger partial charge in [-0.15, -0.1) is 0 Å². The van der Waals surface area contributed by atoms with Gasteiger partial charge in [0.1, 0.15) is 5.82 Å². The third kappa shape index (κ3) is 2.54. The molecule has 0 atom stereocenters. The Hall–Kier alpha value is -3.37. The highest BCUT2D eigenvalue weighted by molar-refractivity contribution is 6.30. The Morgan fingerprint density at radius 2 is 1.67 bits per heavy atom. The van der Waals surface area contributed by atoms with Crippen LogP contribution in [0.4, 0.5) is 0 Å². The number of halogens is 1. The topological polar surface area (TPSA) is 50.7 Å². The fraction of sp³-hybridized carbons (Fsp3) is 0. The molecule has 1 N–H and O–H groups in total. The molecule has 0 bridgehead atoms. The number of aromatic amines is 1. The van der Waals surface area contributed by atoms with Crippen molar-refractivity contribution < 1.29 is 0 Å². The predicted molar refractivity (Wildman–Crippen MR) is 110 cm³/mol. The van der Waals surface area contributed by atoms with Gasteiger partial charge in [-0.1, -0.05) is 35.9 Å². The second kappa shape index (κ2) is 6.11. The lowest BCUT2D eigenvalue weighted by molar-refractivity contribution is 0.978. The highest BCUT2D eigenvalue weighted by Crippen LogP contribution is 2.29. The van der Waals surface area contributed by atoms with Crippen molar-refractivity contribution in [3.05, 3.63) is 94.4 Å². The minimum atomic E-state index is -0.106. The van der Waals surface area contributed by atoms with Gasteiger partial charge >= 0.3 is 0 Å². The summed E-state index contributed by atoms with van der Waals surface area (Å²) in [5.74, 6) is 0.603. The van der Waals surface area contributed by atoms with E-state index in [0.29, 0.717) is 21.7 Å². The van der Waals surface area contributed by atoms with Gasteiger partial charge in [0.2, 0.25) is 0 Å². The summed E-state index contributed by atoms with van der Waals surface area (Å²) in [5.41, 5.74) is 3.19. The molecule has 0 aliphatic carbocycles. The van der Waals surface area contributed by atoms with E-state index in [2.05, 4.69) is 4.98 Å². The first-order valence-corrected chi connectivity index (χ1v) is 8.94. The molecule has 4 nitrogen and oxygen atoms in total. The second-order valence-electron chi connectivity index (χ2n) is 6.31. The lowest BCUT2D eigenvalue weighted by Gasteiger charge is -2.14. The molecule has 27 heavy (non-hydrogen) atoms. The number of fused-ring (bicyclic) bond motifs is 2. The number of benzene rings is 3. The number of para-hydroxylation sites is 1. The maximum Gasteiger partial charge on any atom is 0.266 e. The standard InChI is InChI=1S/C22H14ClN3O/c23-14-8-10-15(11-9-14)26-21(17-5-3-7-19-16(17)12-13-24-19)25-20-6-2-1-4-18(20)22(26)27/h1-13,24H. The van der Waals surface area contributed by atoms with Gasteiger partial charge in [-0.05, 0) is 48.5 Å². The van der Waals surface area contributed by atoms with Gasteiger partial charge in [0, 0.05) is 27.7 Å². The second-order valence-corrected chi connectivity index (χ2v) is 6.75. The Labute approximate surface area is 159 Å². The van der Waals surface area contributed by atoms with Crippen molar-refractivity contribution in [2.24, 2.45) is 0 Å². The van der Waals surface area contributed by atoms with E-state index in [-0.39, 0.29) is 5.56 Å². The molecule has 0 radical (unpaired) electrons. The van der Waals surface area contributed by atoms with Crippen LogP contribution in [0, 0.1) is 0 Å². The summed E-state index contributed by atoms with van der Waals surface area (Å²) < 4.78 is 1.65. The number of nitrogens with zero attached hydrogens (tertiary/aromatic N) is 2. The molecule has 3 aromatic carbocycles. The molecule has 5 heteroatoms. The van der Waals surface area contributed by atoms with E-state index in [4.69, 9.17) is 16.6 Å². The van der Waals surface area contributed by atoms with Crippen LogP contribution in [-0.2, 0) is 0 Å². The summed E-state index contributed by atoms with van der Waals surface area (Å²) >= 11 is 6.05. The molecule has 0 spiro atoms. The molecular weight excluding hydrogens is 358 g/mol. The summed E-state index contributed by atoms with van der Waals surface area (Å²) in [6.45, 7) is 0. The van der Waals surface area contributed by atoms with Crippen molar-refractivity contribution in [1.29, 1.82) is 0 Å². The number of hydrogen-bond acceptors (Lipinski definition) is 2. The zero-order chi connectivity index (χ0) is 18.4. The summed E-state index contributed by atoms with van der Waals surface area (Å²) in [6.07, 6.45) is 1.89. The molecule has 130 valence electrons. The van der Waals surface area contributed by atoms with Crippen molar-refractivity contribution in [1.82, 2.24) is 14.5 Å². The van der Waals surface area contributed by atoms with Crippen LogP contribution >= 0.6 is 11.6 Å². The van der Waals surface area contributed by atoms with Crippen LogP contribution in [-0.4, -0.2) is 14.5 Å². The molecule has 0 amide bonds. The molecule has 0 unspecified atom stereocenters. The monoisotopic (exact) mass is 371 g/mol. The Balaban J connectivity index is 1.93. The SMILES string of the molecule is O=c1c2ccccc2nc(-c2cccc3[nH]ccc23)n1-c1ccc(Cl)cc1. The zero-order valence-electron chi connectivity index (χ0n) is 14.2. The van der Waals surface area contributed by atoms with Gasteiger partial charge in [0.25, 0.3) is 5.56 Å². The highest BCUT2D eigenvalue weighted by atomic mass is 35.5. The van der Waals surface area contributed by atoms with Crippen molar-refractivity contribution in [2.45, 2.75) is 0 Å². The third-order valence-corrected chi connectivity index (χ3v) is 4.95. The summed E-state index contributed by atoms with van der Waals surface area (Å²) in [7, 11) is 0. The lowest BCUT2D eigenvalue weighted by Crippen LogP contribution is -2.22. The molecule has 0 aliphatic rings. The molecule has 0 saturated heterocycles. The smallest absolute Gasteiger partial charge is 0.266 e. The molecule has 5 rings (SSSR count). The first-order chi connectivity index (χ1) is 13.2. The number of aromatic nitrogens is 3. The van der Waals surface area contributed by atoms with Gasteiger partial charge in [-0.3, -0.25) is 9.36 Å². The van der Waals surface area contributed by atoms with Crippen molar-refractivity contribution >= 4 is 33.4 Å². The normalized spacial score (nSPS) is 11.3. The minimum absolute atomic E-state index is 0.106. The van der Waals surface area contributed by atoms with Crippen molar-refractivity contribution in [3.8, 4) is 17.1 Å². The van der Waals surface area contributed by atoms with Crippen LogP contribution in [0.5, 0.6) is 0 Å². The Kier molecular flexibility index (Phi) is 3.59. The fourth-order valence-corrected chi connectivity index (χ4v) is 3.55. The summed E-state index contributed by atoms with van der Waals surface area (Å²) in [5, 5.41) is 2.22. The maximum atomic E-state index is 13.4. The quantitative estimate of drug-likeness (QED) is 0.464. The van der Waals surface area contributed by atoms with Gasteiger partial charge in [0.05, 0.1) is 16.6 Å². The molecule has 0 aliphatic heterocycles. The molecule has 2 aromatic heterocycles. The van der Waals surface area contributed by atoms with E-state index in [9.17, 15) is 4.79 Å². The van der Waals surface area contributed by atoms with Crippen LogP contribution in [0.15, 0.2) is 83.8 Å². The molecule has 2 heterocycles. The van der Waals surface area contributed by atoms with Gasteiger partial charge < -0.3 is 4.98 Å². The van der Waals surface area contributed by atoms with E-state index in [1.165, 1.54) is 0 Å². The summed E-state index contributed by atoms with van der Waals surface area (Å²) in [4.78, 5) is 21.4. The van der Waals surface area contributed by atoms with E-state index < -0.39 is 0 Å². The predicted octanol–water partition coefficient (Wildman–Crippen LogP) is 5.19. The Bertz CT molecular complexity index is 1350. The van der Waals surface area contributed by atoms with Crippen molar-refractivity contribution in [3.63, 3.8) is 0 Å². The number of hydrogen-bond donors (Lipinski definition) is 1. The first-order valence-electron chi connectivity index (χ1n) is 8.56. The maximum absolute atomic E-state index is 13.4. The van der Waals surface area contributed by atoms with Gasteiger partial charge in [0.15, 0.2) is 0 Å². The fourth-order valence-electron chi connectivity index (χ4n) is 3.42. The van der Waals surface area contributed by atoms with Crippen LogP contribution < -0.4 is 5.56 Å². The highest BCUT2D eigenvalue weighted by Gasteiger charge is 2.16. The van der Waals surface area contributed by atoms with Crippen LogP contribution in [0.1, 0.15) is 0 Å². The minimum Gasteiger partial charge on any atom is -0.361 e. The van der Waals surface area contributed by atoms with Gasteiger partial charge in [-0.2, -0.15) is 0 Å². The van der Waals surface area contributed by atoms with Gasteiger partial charge in [-0.25, -0.2) is 4.98 Å². The molecular formula is C22H14ClN3O. The van der Waals surface area contributed by atoms with E-state index in [1.807, 2.05) is 60.8 Å². The van der Waals surface area contributed by atoms with E-state index >= 15 is 0 Å². The van der Waals surface area contributed by atoms with Crippen LogP contribution in [0.3, 0.4) is 0 Å². The third-order valence-electron chi connectivity index (χ3n) is 4.70. The zero-order valence-corrected chi connectivity index (χ0v) is 14.9. The van der Waals surface area contributed by atoms with Crippen LogP contribution in [0.25, 0.3) is 38.9 Å². The van der Waals surface area contributed by atoms with Crippen LogP contribution in [0.2, 0.25) is 5.02 Å². The largest absolute Gasteiger partial charge is 0.361 e. The number of rotatable bonds is 2. The number of H-pyrrole nitrogens is 1. The average Bonchev–Trinajstić information content (AvgIpc) is 3.18. The molecule has 5 aromatic rings. The van der Waals surface area contributed by atoms with E-state index in [1.54, 1.807) is 22.8 Å². The Morgan fingerprint density at radius 1 is 0.852 bits per heavy atom.